The van der Waals surface area contributed by atoms with Crippen LogP contribution in [0, 0.1) is 0 Å². The maximum Gasteiger partial charge on any atom is 0.341 e. The minimum Gasteiger partial charge on any atom is -0.481 e. The fourth-order valence-corrected chi connectivity index (χ4v) is 1.73. The predicted molar refractivity (Wildman–Crippen MR) is 44.3 cm³/mol. The Bertz CT molecular complexity index is 235. The molecule has 0 spiro atoms. The van der Waals surface area contributed by atoms with Gasteiger partial charge in [0, 0.05) is 0 Å². The van der Waals surface area contributed by atoms with Gasteiger partial charge in [-0.05, 0) is 13.3 Å². The van der Waals surface area contributed by atoms with E-state index in [-0.39, 0.29) is 6.42 Å². The van der Waals surface area contributed by atoms with Gasteiger partial charge in [0.2, 0.25) is 0 Å². The second kappa shape index (κ2) is 4.19. The van der Waals surface area contributed by atoms with Crippen molar-refractivity contribution in [3.05, 3.63) is 0 Å². The molecular weight excluding hydrogens is 199 g/mol. The smallest absolute Gasteiger partial charge is 0.341 e. The van der Waals surface area contributed by atoms with Gasteiger partial charge in [0.1, 0.15) is 6.16 Å². The van der Waals surface area contributed by atoms with E-state index in [1.54, 1.807) is 6.92 Å². The SMILES string of the molecule is CCC(C)(O)OP(=O)(O)CC(=O)O. The Kier molecular flexibility index (Phi) is 4.06. The molecule has 0 aromatic heterocycles. The molecule has 0 aromatic rings. The van der Waals surface area contributed by atoms with E-state index in [9.17, 15) is 14.5 Å². The second-order valence-corrected chi connectivity index (χ2v) is 4.58. The first-order valence-electron chi connectivity index (χ1n) is 3.65. The summed E-state index contributed by atoms with van der Waals surface area (Å²) in [6.07, 6.45) is -0.916. The molecular formula is C6H13O6P. The van der Waals surface area contributed by atoms with Gasteiger partial charge < -0.3 is 15.1 Å². The van der Waals surface area contributed by atoms with Crippen LogP contribution in [-0.4, -0.2) is 33.0 Å². The van der Waals surface area contributed by atoms with Crippen molar-refractivity contribution in [2.75, 3.05) is 6.16 Å². The molecule has 0 aromatic carbocycles. The zero-order valence-electron chi connectivity index (χ0n) is 7.43. The molecule has 78 valence electrons. The van der Waals surface area contributed by atoms with Gasteiger partial charge in [0.15, 0.2) is 5.79 Å². The summed E-state index contributed by atoms with van der Waals surface area (Å²) < 4.78 is 15.4. The Balaban J connectivity index is 4.33. The average Bonchev–Trinajstić information content (AvgIpc) is 1.81. The van der Waals surface area contributed by atoms with Crippen LogP contribution in [0.2, 0.25) is 0 Å². The number of carbonyl (C=O) groups is 1. The van der Waals surface area contributed by atoms with E-state index in [0.29, 0.717) is 0 Å². The molecule has 0 saturated carbocycles. The fourth-order valence-electron chi connectivity index (χ4n) is 0.575. The van der Waals surface area contributed by atoms with Crippen molar-refractivity contribution in [2.24, 2.45) is 0 Å². The summed E-state index contributed by atoms with van der Waals surface area (Å²) in [5.41, 5.74) is 0. The maximum absolute atomic E-state index is 11.0. The van der Waals surface area contributed by atoms with Crippen molar-refractivity contribution in [3.63, 3.8) is 0 Å². The van der Waals surface area contributed by atoms with Crippen molar-refractivity contribution < 1.29 is 29.0 Å². The van der Waals surface area contributed by atoms with Gasteiger partial charge in [0.05, 0.1) is 0 Å². The van der Waals surface area contributed by atoms with Gasteiger partial charge in [-0.2, -0.15) is 0 Å². The lowest BCUT2D eigenvalue weighted by molar-refractivity contribution is -0.137. The molecule has 0 aliphatic carbocycles. The van der Waals surface area contributed by atoms with Crippen molar-refractivity contribution in [2.45, 2.75) is 26.1 Å². The van der Waals surface area contributed by atoms with Crippen molar-refractivity contribution in [1.29, 1.82) is 0 Å². The van der Waals surface area contributed by atoms with Crippen LogP contribution in [0.25, 0.3) is 0 Å². The molecule has 2 unspecified atom stereocenters. The van der Waals surface area contributed by atoms with Crippen LogP contribution in [0.4, 0.5) is 0 Å². The highest BCUT2D eigenvalue weighted by atomic mass is 31.2. The summed E-state index contributed by atoms with van der Waals surface area (Å²) >= 11 is 0. The van der Waals surface area contributed by atoms with Gasteiger partial charge in [-0.1, -0.05) is 6.92 Å². The highest BCUT2D eigenvalue weighted by molar-refractivity contribution is 7.53. The third-order valence-corrected chi connectivity index (χ3v) is 2.68. The molecule has 0 rings (SSSR count). The molecule has 0 radical (unpaired) electrons. The maximum atomic E-state index is 11.0. The minimum atomic E-state index is -4.24. The van der Waals surface area contributed by atoms with E-state index >= 15 is 0 Å². The standard InChI is InChI=1S/C6H13O6P/c1-3-6(2,9)12-13(10,11)4-5(7)8/h9H,3-4H2,1-2H3,(H,7,8)(H,10,11). The predicted octanol–water partition coefficient (Wildman–Crippen LogP) is 0.391. The molecule has 0 fully saturated rings. The lowest BCUT2D eigenvalue weighted by Crippen LogP contribution is -2.26. The summed E-state index contributed by atoms with van der Waals surface area (Å²) in [7, 11) is -4.24. The number of hydrogen-bond donors (Lipinski definition) is 3. The summed E-state index contributed by atoms with van der Waals surface area (Å²) in [6, 6.07) is 0. The quantitative estimate of drug-likeness (QED) is 0.450. The molecule has 6 nitrogen and oxygen atoms in total. The molecule has 7 heteroatoms. The highest BCUT2D eigenvalue weighted by Gasteiger charge is 2.32. The van der Waals surface area contributed by atoms with Crippen molar-refractivity contribution in [3.8, 4) is 0 Å². The summed E-state index contributed by atoms with van der Waals surface area (Å²) in [6.45, 7) is 2.73. The van der Waals surface area contributed by atoms with Gasteiger partial charge >= 0.3 is 13.6 Å². The third kappa shape index (κ3) is 5.76. The fraction of sp³-hybridized carbons (Fsp3) is 0.833. The van der Waals surface area contributed by atoms with E-state index in [1.165, 1.54) is 6.92 Å². The summed E-state index contributed by atoms with van der Waals surface area (Å²) in [5, 5.41) is 17.4. The van der Waals surface area contributed by atoms with Gasteiger partial charge in [-0.15, -0.1) is 0 Å². The monoisotopic (exact) mass is 212 g/mol. The van der Waals surface area contributed by atoms with Gasteiger partial charge in [0.25, 0.3) is 0 Å². The van der Waals surface area contributed by atoms with Crippen LogP contribution in [0.1, 0.15) is 20.3 Å². The van der Waals surface area contributed by atoms with E-state index in [4.69, 9.17) is 10.00 Å². The van der Waals surface area contributed by atoms with Crippen LogP contribution in [0.15, 0.2) is 0 Å². The van der Waals surface area contributed by atoms with E-state index < -0.39 is 25.5 Å². The highest BCUT2D eigenvalue weighted by Crippen LogP contribution is 2.45. The molecule has 0 bridgehead atoms. The van der Waals surface area contributed by atoms with Crippen LogP contribution in [0.5, 0.6) is 0 Å². The van der Waals surface area contributed by atoms with Crippen molar-refractivity contribution in [1.82, 2.24) is 0 Å². The first-order chi connectivity index (χ1) is 5.68. The molecule has 0 saturated heterocycles. The molecule has 0 amide bonds. The van der Waals surface area contributed by atoms with Crippen LogP contribution < -0.4 is 0 Å². The number of hydrogen-bond acceptors (Lipinski definition) is 4. The zero-order valence-corrected chi connectivity index (χ0v) is 8.32. The Morgan fingerprint density at radius 2 is 2.08 bits per heavy atom. The van der Waals surface area contributed by atoms with Crippen LogP contribution in [0.3, 0.4) is 0 Å². The number of carboxylic acids is 1. The Hall–Kier alpha value is -0.420. The number of carboxylic acid groups (broad SMARTS) is 1. The van der Waals surface area contributed by atoms with E-state index in [1.807, 2.05) is 0 Å². The minimum absolute atomic E-state index is 0.0944. The van der Waals surface area contributed by atoms with Crippen LogP contribution >= 0.6 is 7.60 Å². The molecule has 13 heavy (non-hydrogen) atoms. The largest absolute Gasteiger partial charge is 0.481 e. The summed E-state index contributed by atoms with van der Waals surface area (Å²) in [4.78, 5) is 19.0. The molecule has 2 atom stereocenters. The average molecular weight is 212 g/mol. The van der Waals surface area contributed by atoms with Crippen LogP contribution in [-0.2, 0) is 13.9 Å². The zero-order chi connectivity index (χ0) is 10.7. The third-order valence-electron chi connectivity index (χ3n) is 1.33. The van der Waals surface area contributed by atoms with E-state index in [2.05, 4.69) is 4.52 Å². The first-order valence-corrected chi connectivity index (χ1v) is 5.41. The topological polar surface area (TPSA) is 104 Å². The van der Waals surface area contributed by atoms with Gasteiger partial charge in [-0.25, -0.2) is 0 Å². The lowest BCUT2D eigenvalue weighted by atomic mass is 10.3. The molecule has 3 N–H and O–H groups in total. The second-order valence-electron chi connectivity index (χ2n) is 2.81. The Morgan fingerprint density at radius 1 is 1.62 bits per heavy atom. The normalized spacial score (nSPS) is 20.3. The Morgan fingerprint density at radius 3 is 2.38 bits per heavy atom. The molecule has 0 heterocycles. The lowest BCUT2D eigenvalue weighted by Gasteiger charge is -2.24. The summed E-state index contributed by atoms with van der Waals surface area (Å²) in [5.74, 6) is -3.21. The molecule has 0 aliphatic heterocycles. The number of rotatable bonds is 5. The van der Waals surface area contributed by atoms with Gasteiger partial charge in [-0.3, -0.25) is 13.9 Å². The number of aliphatic hydroxyl groups is 1. The number of aliphatic carboxylic acids is 1. The Labute approximate surface area is 75.7 Å². The first kappa shape index (κ1) is 12.6. The van der Waals surface area contributed by atoms with Crippen molar-refractivity contribution >= 4 is 13.6 Å². The molecule has 0 aliphatic rings. The van der Waals surface area contributed by atoms with E-state index in [0.717, 1.165) is 0 Å².